The van der Waals surface area contributed by atoms with Crippen molar-refractivity contribution in [2.75, 3.05) is 0 Å². The second kappa shape index (κ2) is 5.40. The van der Waals surface area contributed by atoms with Crippen LogP contribution in [0.1, 0.15) is 22.8 Å². The summed E-state index contributed by atoms with van der Waals surface area (Å²) in [4.78, 5) is 15.1. The molecule has 3 nitrogen and oxygen atoms in total. The Bertz CT molecular complexity index is 552. The molecule has 0 radical (unpaired) electrons. The van der Waals surface area contributed by atoms with Crippen LogP contribution in [0.25, 0.3) is 0 Å². The summed E-state index contributed by atoms with van der Waals surface area (Å²) in [7, 11) is 0. The molecule has 0 aliphatic rings. The highest BCUT2D eigenvalue weighted by Crippen LogP contribution is 2.24. The minimum absolute atomic E-state index is 0.246. The number of rotatable bonds is 4. The number of aromatic nitrogens is 1. The van der Waals surface area contributed by atoms with E-state index in [1.165, 1.54) is 24.3 Å². The van der Waals surface area contributed by atoms with E-state index in [4.69, 9.17) is 4.74 Å². The first kappa shape index (κ1) is 12.2. The summed E-state index contributed by atoms with van der Waals surface area (Å²) in [6, 6.07) is 7.34. The van der Waals surface area contributed by atoms with Crippen molar-refractivity contribution < 1.29 is 13.9 Å². The Balaban J connectivity index is 2.34. The predicted octanol–water partition coefficient (Wildman–Crippen LogP) is 3.39. The Morgan fingerprint density at radius 2 is 2.00 bits per heavy atom. The van der Waals surface area contributed by atoms with E-state index in [2.05, 4.69) is 4.98 Å². The summed E-state index contributed by atoms with van der Waals surface area (Å²) in [6.07, 6.45) is 3.03. The molecule has 0 N–H and O–H groups in total. The van der Waals surface area contributed by atoms with Gasteiger partial charge in [0.25, 0.3) is 0 Å². The molecule has 0 aliphatic heterocycles. The molecule has 1 aromatic carbocycles. The second-order valence-corrected chi connectivity index (χ2v) is 3.72. The second-order valence-electron chi connectivity index (χ2n) is 3.72. The first-order valence-corrected chi connectivity index (χ1v) is 5.61. The molecule has 1 aromatic heterocycles. The van der Waals surface area contributed by atoms with Crippen molar-refractivity contribution in [3.63, 3.8) is 0 Å². The Kier molecular flexibility index (Phi) is 3.67. The van der Waals surface area contributed by atoms with Crippen LogP contribution in [0, 0.1) is 5.82 Å². The van der Waals surface area contributed by atoms with Gasteiger partial charge in [-0.05, 0) is 42.3 Å². The van der Waals surface area contributed by atoms with Crippen LogP contribution in [-0.2, 0) is 6.42 Å². The van der Waals surface area contributed by atoms with Gasteiger partial charge in [0.15, 0.2) is 6.29 Å². The van der Waals surface area contributed by atoms with Gasteiger partial charge >= 0.3 is 0 Å². The molecule has 0 saturated heterocycles. The first-order valence-electron chi connectivity index (χ1n) is 5.61. The van der Waals surface area contributed by atoms with Gasteiger partial charge in [-0.1, -0.05) is 6.92 Å². The van der Waals surface area contributed by atoms with Crippen LogP contribution in [-0.4, -0.2) is 11.3 Å². The Hall–Kier alpha value is -2.23. The van der Waals surface area contributed by atoms with Crippen LogP contribution >= 0.6 is 0 Å². The number of hydrogen-bond acceptors (Lipinski definition) is 3. The number of carbonyl (C=O) groups excluding carboxylic acids is 1. The quantitative estimate of drug-likeness (QED) is 0.775. The molecule has 0 unspecified atom stereocenters. The first-order chi connectivity index (χ1) is 8.74. The molecule has 0 spiro atoms. The normalized spacial score (nSPS) is 10.1. The maximum Gasteiger partial charge on any atom is 0.230 e. The molecule has 4 heteroatoms. The number of ether oxygens (including phenoxy) is 1. The van der Waals surface area contributed by atoms with Crippen LogP contribution in [0.4, 0.5) is 4.39 Å². The molecule has 1 heterocycles. The molecule has 92 valence electrons. The van der Waals surface area contributed by atoms with Crippen molar-refractivity contribution in [3.05, 3.63) is 53.5 Å². The van der Waals surface area contributed by atoms with Gasteiger partial charge in [-0.2, -0.15) is 0 Å². The zero-order valence-electron chi connectivity index (χ0n) is 9.89. The number of halogens is 1. The lowest BCUT2D eigenvalue weighted by Gasteiger charge is -2.09. The maximum absolute atomic E-state index is 12.8. The molecule has 2 rings (SSSR count). The molecule has 0 fully saturated rings. The summed E-state index contributed by atoms with van der Waals surface area (Å²) in [6.45, 7) is 1.95. The lowest BCUT2D eigenvalue weighted by molar-refractivity contribution is 0.112. The lowest BCUT2D eigenvalue weighted by Crippen LogP contribution is -1.98. The van der Waals surface area contributed by atoms with Crippen molar-refractivity contribution in [2.45, 2.75) is 13.3 Å². The van der Waals surface area contributed by atoms with Crippen molar-refractivity contribution in [2.24, 2.45) is 0 Å². The van der Waals surface area contributed by atoms with E-state index in [9.17, 15) is 9.18 Å². The van der Waals surface area contributed by atoms with E-state index in [0.717, 1.165) is 18.3 Å². The van der Waals surface area contributed by atoms with Crippen LogP contribution < -0.4 is 4.74 Å². The van der Waals surface area contributed by atoms with E-state index >= 15 is 0 Å². The third kappa shape index (κ3) is 2.53. The van der Waals surface area contributed by atoms with Gasteiger partial charge in [-0.15, -0.1) is 0 Å². The van der Waals surface area contributed by atoms with Crippen LogP contribution in [0.5, 0.6) is 11.6 Å². The zero-order chi connectivity index (χ0) is 13.0. The highest BCUT2D eigenvalue weighted by molar-refractivity contribution is 5.80. The monoisotopic (exact) mass is 245 g/mol. The highest BCUT2D eigenvalue weighted by atomic mass is 19.1. The van der Waals surface area contributed by atoms with Gasteiger partial charge in [0.05, 0.1) is 5.56 Å². The van der Waals surface area contributed by atoms with Crippen molar-refractivity contribution in [3.8, 4) is 11.6 Å². The minimum Gasteiger partial charge on any atom is -0.438 e. The van der Waals surface area contributed by atoms with Gasteiger partial charge in [0, 0.05) is 6.20 Å². The molecular formula is C14H12FNO2. The molecule has 18 heavy (non-hydrogen) atoms. The molecule has 0 amide bonds. The Morgan fingerprint density at radius 1 is 1.28 bits per heavy atom. The summed E-state index contributed by atoms with van der Waals surface area (Å²) >= 11 is 0. The van der Waals surface area contributed by atoms with E-state index in [-0.39, 0.29) is 11.7 Å². The third-order valence-corrected chi connectivity index (χ3v) is 2.57. The fourth-order valence-electron chi connectivity index (χ4n) is 1.62. The molecule has 0 atom stereocenters. The van der Waals surface area contributed by atoms with Gasteiger partial charge in [-0.3, -0.25) is 4.79 Å². The topological polar surface area (TPSA) is 39.2 Å². The molecule has 0 aliphatic carbocycles. The summed E-state index contributed by atoms with van der Waals surface area (Å²) in [5.41, 5.74) is 1.31. The number of aryl methyl sites for hydroxylation is 1. The van der Waals surface area contributed by atoms with Crippen molar-refractivity contribution in [1.82, 2.24) is 4.98 Å². The number of carbonyl (C=O) groups is 1. The fourth-order valence-corrected chi connectivity index (χ4v) is 1.62. The zero-order valence-corrected chi connectivity index (χ0v) is 9.89. The summed E-state index contributed by atoms with van der Waals surface area (Å²) in [5.74, 6) is 0.351. The van der Waals surface area contributed by atoms with Crippen LogP contribution in [0.2, 0.25) is 0 Å². The average molecular weight is 245 g/mol. The summed E-state index contributed by atoms with van der Waals surface area (Å²) in [5, 5.41) is 0. The average Bonchev–Trinajstić information content (AvgIpc) is 2.41. The maximum atomic E-state index is 12.8. The number of aldehydes is 1. The van der Waals surface area contributed by atoms with E-state index < -0.39 is 0 Å². The highest BCUT2D eigenvalue weighted by Gasteiger charge is 2.10. The number of nitrogens with zero attached hydrogens (tertiary/aromatic N) is 1. The van der Waals surface area contributed by atoms with E-state index in [1.807, 2.05) is 6.92 Å². The standard InChI is InChI=1S/C14H12FNO2/c1-2-10-7-8-16-14(13(10)9-17)18-12-5-3-11(15)4-6-12/h3-9H,2H2,1H3. The molecule has 2 aromatic rings. The van der Waals surface area contributed by atoms with Gasteiger partial charge < -0.3 is 4.74 Å². The number of pyridine rings is 1. The third-order valence-electron chi connectivity index (χ3n) is 2.57. The number of benzene rings is 1. The molecule has 0 saturated carbocycles. The van der Waals surface area contributed by atoms with Crippen LogP contribution in [0.3, 0.4) is 0 Å². The lowest BCUT2D eigenvalue weighted by atomic mass is 10.1. The Labute approximate surface area is 104 Å². The number of hydrogen-bond donors (Lipinski definition) is 0. The smallest absolute Gasteiger partial charge is 0.230 e. The van der Waals surface area contributed by atoms with Crippen molar-refractivity contribution >= 4 is 6.29 Å². The predicted molar refractivity (Wildman–Crippen MR) is 65.5 cm³/mol. The van der Waals surface area contributed by atoms with Gasteiger partial charge in [0.2, 0.25) is 5.88 Å². The Morgan fingerprint density at radius 3 is 2.61 bits per heavy atom. The van der Waals surface area contributed by atoms with E-state index in [0.29, 0.717) is 11.3 Å². The van der Waals surface area contributed by atoms with Crippen molar-refractivity contribution in [1.29, 1.82) is 0 Å². The summed E-state index contributed by atoms with van der Waals surface area (Å²) < 4.78 is 18.3. The van der Waals surface area contributed by atoms with Gasteiger partial charge in [-0.25, -0.2) is 9.37 Å². The fraction of sp³-hybridized carbons (Fsp3) is 0.143. The van der Waals surface area contributed by atoms with E-state index in [1.54, 1.807) is 12.3 Å². The molecular weight excluding hydrogens is 233 g/mol. The largest absolute Gasteiger partial charge is 0.438 e. The molecule has 0 bridgehead atoms. The van der Waals surface area contributed by atoms with Crippen LogP contribution in [0.15, 0.2) is 36.5 Å². The SMILES string of the molecule is CCc1ccnc(Oc2ccc(F)cc2)c1C=O. The minimum atomic E-state index is -0.340. The van der Waals surface area contributed by atoms with Gasteiger partial charge in [0.1, 0.15) is 11.6 Å².